The molecule has 4 rings (SSSR count). The summed E-state index contributed by atoms with van der Waals surface area (Å²) in [5.74, 6) is -2.23. The Labute approximate surface area is 151 Å². The van der Waals surface area contributed by atoms with Crippen molar-refractivity contribution in [3.8, 4) is 5.88 Å². The lowest BCUT2D eigenvalue weighted by Gasteiger charge is -2.08. The number of rotatable bonds is 6. The van der Waals surface area contributed by atoms with Crippen LogP contribution in [-0.4, -0.2) is 32.3 Å². The third-order valence-corrected chi connectivity index (χ3v) is 4.21. The van der Waals surface area contributed by atoms with E-state index < -0.39 is 24.2 Å². The van der Waals surface area contributed by atoms with E-state index in [4.69, 9.17) is 0 Å². The van der Waals surface area contributed by atoms with E-state index in [0.29, 0.717) is 5.92 Å². The molecular formula is C17H14F3N5O2. The molecule has 10 heteroatoms. The predicted octanol–water partition coefficient (Wildman–Crippen LogP) is 2.67. The van der Waals surface area contributed by atoms with Gasteiger partial charge in [0.2, 0.25) is 0 Å². The zero-order chi connectivity index (χ0) is 19.0. The number of fused-ring (bicyclic) bond motifs is 1. The number of ether oxygens (including phenoxy) is 1. The Balaban J connectivity index is 1.52. The molecule has 1 aliphatic rings. The van der Waals surface area contributed by atoms with Crippen LogP contribution in [0.1, 0.15) is 40.4 Å². The molecule has 3 aromatic rings. The van der Waals surface area contributed by atoms with Gasteiger partial charge in [-0.25, -0.2) is 9.37 Å². The Morgan fingerprint density at radius 2 is 2.22 bits per heavy atom. The fourth-order valence-corrected chi connectivity index (χ4v) is 2.82. The molecule has 0 aromatic carbocycles. The van der Waals surface area contributed by atoms with Gasteiger partial charge >= 0.3 is 6.61 Å². The third-order valence-electron chi connectivity index (χ3n) is 4.21. The van der Waals surface area contributed by atoms with Crippen molar-refractivity contribution >= 4 is 11.4 Å². The summed E-state index contributed by atoms with van der Waals surface area (Å²) in [6.45, 7) is -3.02. The number of carbonyl (C=O) groups excluding carboxylic acids is 1. The standard InChI is InChI=1S/C17H14F3N5O2/c18-12-6-10(7-22-16(12)27-17(19)20)15(26)21-8-11-13-2-1-5-23-25(13)24-14(11)9-3-4-9/h1-2,5-7,9,17H,3-4,8H2,(H,21,26). The number of halogens is 3. The SMILES string of the molecule is O=C(NCc1c(C2CC2)nn2ncccc12)c1cnc(OC(F)F)c(F)c1. The molecule has 0 radical (unpaired) electrons. The maximum Gasteiger partial charge on any atom is 0.388 e. The molecule has 1 fully saturated rings. The number of amides is 1. The number of pyridine rings is 1. The number of alkyl halides is 2. The van der Waals surface area contributed by atoms with E-state index in [2.05, 4.69) is 25.2 Å². The van der Waals surface area contributed by atoms with Crippen LogP contribution in [0.15, 0.2) is 30.6 Å². The number of nitrogens with zero attached hydrogens (tertiary/aromatic N) is 4. The van der Waals surface area contributed by atoms with Gasteiger partial charge in [0.15, 0.2) is 5.82 Å². The lowest BCUT2D eigenvalue weighted by Crippen LogP contribution is -2.23. The fourth-order valence-electron chi connectivity index (χ4n) is 2.82. The summed E-state index contributed by atoms with van der Waals surface area (Å²) < 4.78 is 43.5. The normalized spacial score (nSPS) is 13.9. The van der Waals surface area contributed by atoms with Crippen LogP contribution >= 0.6 is 0 Å². The smallest absolute Gasteiger partial charge is 0.388 e. The zero-order valence-corrected chi connectivity index (χ0v) is 13.9. The molecule has 0 spiro atoms. The highest BCUT2D eigenvalue weighted by atomic mass is 19.3. The van der Waals surface area contributed by atoms with E-state index in [0.717, 1.165) is 41.9 Å². The Kier molecular flexibility index (Phi) is 4.38. The van der Waals surface area contributed by atoms with Crippen LogP contribution in [-0.2, 0) is 6.54 Å². The fraction of sp³-hybridized carbons (Fsp3) is 0.294. The van der Waals surface area contributed by atoms with Crippen LogP contribution in [0, 0.1) is 5.82 Å². The monoisotopic (exact) mass is 377 g/mol. The molecule has 140 valence electrons. The van der Waals surface area contributed by atoms with Crippen molar-refractivity contribution in [3.63, 3.8) is 0 Å². The molecule has 0 atom stereocenters. The van der Waals surface area contributed by atoms with Gasteiger partial charge in [-0.15, -0.1) is 0 Å². The lowest BCUT2D eigenvalue weighted by atomic mass is 10.1. The van der Waals surface area contributed by atoms with Gasteiger partial charge in [-0.3, -0.25) is 4.79 Å². The van der Waals surface area contributed by atoms with Gasteiger partial charge in [-0.2, -0.15) is 23.6 Å². The highest BCUT2D eigenvalue weighted by Gasteiger charge is 2.30. The molecule has 1 saturated carbocycles. The van der Waals surface area contributed by atoms with Crippen LogP contribution in [0.3, 0.4) is 0 Å². The largest absolute Gasteiger partial charge is 0.414 e. The maximum atomic E-state index is 13.7. The number of hydrogen-bond donors (Lipinski definition) is 1. The molecular weight excluding hydrogens is 363 g/mol. The highest BCUT2D eigenvalue weighted by Crippen LogP contribution is 2.41. The van der Waals surface area contributed by atoms with E-state index >= 15 is 0 Å². The minimum absolute atomic E-state index is 0.100. The molecule has 0 aliphatic heterocycles. The molecule has 0 bridgehead atoms. The van der Waals surface area contributed by atoms with Crippen molar-refractivity contribution in [2.45, 2.75) is 31.9 Å². The zero-order valence-electron chi connectivity index (χ0n) is 13.9. The van der Waals surface area contributed by atoms with Gasteiger partial charge in [0.05, 0.1) is 16.8 Å². The van der Waals surface area contributed by atoms with Gasteiger partial charge in [-0.1, -0.05) is 0 Å². The Morgan fingerprint density at radius 3 is 2.93 bits per heavy atom. The third kappa shape index (κ3) is 3.55. The number of aromatic nitrogens is 4. The second-order valence-electron chi connectivity index (χ2n) is 6.11. The highest BCUT2D eigenvalue weighted by molar-refractivity contribution is 5.94. The van der Waals surface area contributed by atoms with Crippen molar-refractivity contribution in [1.82, 2.24) is 25.1 Å². The van der Waals surface area contributed by atoms with Crippen molar-refractivity contribution < 1.29 is 22.7 Å². The van der Waals surface area contributed by atoms with E-state index in [1.54, 1.807) is 12.3 Å². The maximum absolute atomic E-state index is 13.7. The molecule has 3 heterocycles. The molecule has 1 N–H and O–H groups in total. The summed E-state index contributed by atoms with van der Waals surface area (Å²) >= 11 is 0. The van der Waals surface area contributed by atoms with Gasteiger partial charge in [-0.05, 0) is 31.0 Å². The summed E-state index contributed by atoms with van der Waals surface area (Å²) in [6.07, 6.45) is 4.67. The van der Waals surface area contributed by atoms with Crippen LogP contribution in [0.5, 0.6) is 5.88 Å². The first-order chi connectivity index (χ1) is 13.0. The van der Waals surface area contributed by atoms with Crippen molar-refractivity contribution in [2.24, 2.45) is 0 Å². The average Bonchev–Trinajstić information content (AvgIpc) is 3.42. The van der Waals surface area contributed by atoms with Crippen LogP contribution in [0.2, 0.25) is 0 Å². The first kappa shape index (κ1) is 17.3. The quantitative estimate of drug-likeness (QED) is 0.714. The van der Waals surface area contributed by atoms with Crippen molar-refractivity contribution in [2.75, 3.05) is 0 Å². The van der Waals surface area contributed by atoms with Crippen LogP contribution in [0.4, 0.5) is 13.2 Å². The van der Waals surface area contributed by atoms with E-state index in [1.165, 1.54) is 4.63 Å². The molecule has 7 nitrogen and oxygen atoms in total. The van der Waals surface area contributed by atoms with Crippen LogP contribution < -0.4 is 10.1 Å². The van der Waals surface area contributed by atoms with Gasteiger partial charge in [0.1, 0.15) is 0 Å². The van der Waals surface area contributed by atoms with Gasteiger partial charge in [0, 0.05) is 30.4 Å². The van der Waals surface area contributed by atoms with Gasteiger partial charge < -0.3 is 10.1 Å². The Hall–Kier alpha value is -3.17. The molecule has 3 aromatic heterocycles. The minimum Gasteiger partial charge on any atom is -0.414 e. The first-order valence-corrected chi connectivity index (χ1v) is 8.24. The molecule has 1 aliphatic carbocycles. The second kappa shape index (κ2) is 6.86. The van der Waals surface area contributed by atoms with Crippen molar-refractivity contribution in [1.29, 1.82) is 0 Å². The summed E-state index contributed by atoms with van der Waals surface area (Å²) in [5.41, 5.74) is 2.42. The van der Waals surface area contributed by atoms with Crippen LogP contribution in [0.25, 0.3) is 5.52 Å². The predicted molar refractivity (Wildman–Crippen MR) is 87.0 cm³/mol. The Morgan fingerprint density at radius 1 is 1.41 bits per heavy atom. The number of nitrogens with one attached hydrogen (secondary N) is 1. The Bertz CT molecular complexity index is 1000. The number of hydrogen-bond acceptors (Lipinski definition) is 5. The van der Waals surface area contributed by atoms with E-state index in [9.17, 15) is 18.0 Å². The summed E-state index contributed by atoms with van der Waals surface area (Å²) in [6, 6.07) is 4.44. The second-order valence-corrected chi connectivity index (χ2v) is 6.11. The molecule has 0 unspecified atom stereocenters. The lowest BCUT2D eigenvalue weighted by molar-refractivity contribution is -0.0553. The number of carbonyl (C=O) groups is 1. The van der Waals surface area contributed by atoms with Gasteiger partial charge in [0.25, 0.3) is 11.8 Å². The molecule has 27 heavy (non-hydrogen) atoms. The van der Waals surface area contributed by atoms with E-state index in [-0.39, 0.29) is 12.1 Å². The summed E-state index contributed by atoms with van der Waals surface area (Å²) in [4.78, 5) is 15.7. The topological polar surface area (TPSA) is 81.4 Å². The van der Waals surface area contributed by atoms with Crippen molar-refractivity contribution in [3.05, 3.63) is 53.2 Å². The molecule has 1 amide bonds. The molecule has 0 saturated heterocycles. The minimum atomic E-state index is -3.20. The average molecular weight is 377 g/mol. The summed E-state index contributed by atoms with van der Waals surface area (Å²) in [5, 5.41) is 11.3. The first-order valence-electron chi connectivity index (χ1n) is 8.24. The van der Waals surface area contributed by atoms with E-state index in [1.807, 2.05) is 6.07 Å². The summed E-state index contributed by atoms with van der Waals surface area (Å²) in [7, 11) is 0.